The number of hydrogen-bond donors (Lipinski definition) is 0. The van der Waals surface area contributed by atoms with Gasteiger partial charge >= 0.3 is 6.18 Å². The molecule has 0 saturated heterocycles. The summed E-state index contributed by atoms with van der Waals surface area (Å²) >= 11 is 1.01. The predicted molar refractivity (Wildman–Crippen MR) is 62.3 cm³/mol. The Morgan fingerprint density at radius 2 is 1.84 bits per heavy atom. The van der Waals surface area contributed by atoms with Crippen LogP contribution in [0.1, 0.15) is 11.1 Å². The highest BCUT2D eigenvalue weighted by molar-refractivity contribution is 7.99. The van der Waals surface area contributed by atoms with Crippen molar-refractivity contribution in [3.63, 3.8) is 0 Å². The van der Waals surface area contributed by atoms with E-state index >= 15 is 0 Å². The molecule has 0 fully saturated rings. The molecule has 3 nitrogen and oxygen atoms in total. The van der Waals surface area contributed by atoms with E-state index in [0.29, 0.717) is 10.1 Å². The van der Waals surface area contributed by atoms with E-state index in [1.165, 1.54) is 24.5 Å². The van der Waals surface area contributed by atoms with Gasteiger partial charge in [0, 0.05) is 17.3 Å². The number of benzene rings is 1. The molecule has 19 heavy (non-hydrogen) atoms. The van der Waals surface area contributed by atoms with Crippen molar-refractivity contribution >= 4 is 11.8 Å². The van der Waals surface area contributed by atoms with E-state index < -0.39 is 17.3 Å². The molecule has 0 aliphatic heterocycles. The Bertz CT molecular complexity index is 620. The quantitative estimate of drug-likeness (QED) is 0.790. The lowest BCUT2D eigenvalue weighted by molar-refractivity contribution is -0.137. The molecule has 0 saturated carbocycles. The van der Waals surface area contributed by atoms with Crippen molar-refractivity contribution in [3.8, 4) is 6.07 Å². The molecule has 1 heterocycles. The van der Waals surface area contributed by atoms with Crippen LogP contribution in [0.25, 0.3) is 0 Å². The van der Waals surface area contributed by atoms with Crippen molar-refractivity contribution in [2.24, 2.45) is 0 Å². The fourth-order valence-corrected chi connectivity index (χ4v) is 2.11. The number of halogens is 3. The van der Waals surface area contributed by atoms with Crippen molar-refractivity contribution in [3.05, 3.63) is 47.8 Å². The zero-order chi connectivity index (χ0) is 13.9. The van der Waals surface area contributed by atoms with E-state index in [2.05, 4.69) is 9.97 Å². The summed E-state index contributed by atoms with van der Waals surface area (Å²) < 4.78 is 38.3. The van der Waals surface area contributed by atoms with Gasteiger partial charge in [-0.3, -0.25) is 0 Å². The SMILES string of the molecule is N#Cc1ccc(Sc2ncccn2)cc1C(F)(F)F. The second-order valence-corrected chi connectivity index (χ2v) is 4.49. The summed E-state index contributed by atoms with van der Waals surface area (Å²) in [6.45, 7) is 0. The lowest BCUT2D eigenvalue weighted by Gasteiger charge is -2.10. The second kappa shape index (κ2) is 5.28. The Morgan fingerprint density at radius 3 is 2.42 bits per heavy atom. The Labute approximate surface area is 111 Å². The van der Waals surface area contributed by atoms with Gasteiger partial charge in [0.25, 0.3) is 0 Å². The number of nitriles is 1. The van der Waals surface area contributed by atoms with E-state index in [1.807, 2.05) is 0 Å². The molecule has 1 aromatic carbocycles. The molecule has 96 valence electrons. The summed E-state index contributed by atoms with van der Waals surface area (Å²) in [4.78, 5) is 8.16. The van der Waals surface area contributed by atoms with Crippen LogP contribution in [0.5, 0.6) is 0 Å². The molecular weight excluding hydrogens is 275 g/mol. The Morgan fingerprint density at radius 1 is 1.16 bits per heavy atom. The van der Waals surface area contributed by atoms with E-state index in [4.69, 9.17) is 5.26 Å². The summed E-state index contributed by atoms with van der Waals surface area (Å²) in [5.41, 5.74) is -1.35. The lowest BCUT2D eigenvalue weighted by Crippen LogP contribution is -2.07. The fraction of sp³-hybridized carbons (Fsp3) is 0.0833. The van der Waals surface area contributed by atoms with Crippen molar-refractivity contribution < 1.29 is 13.2 Å². The maximum absolute atomic E-state index is 12.8. The molecule has 0 N–H and O–H groups in total. The summed E-state index contributed by atoms with van der Waals surface area (Å²) in [6, 6.07) is 6.66. The number of alkyl halides is 3. The smallest absolute Gasteiger partial charge is 0.231 e. The molecule has 1 aromatic heterocycles. The highest BCUT2D eigenvalue weighted by Gasteiger charge is 2.33. The largest absolute Gasteiger partial charge is 0.417 e. The third-order valence-corrected chi connectivity index (χ3v) is 3.05. The molecule has 0 radical (unpaired) electrons. The molecule has 0 atom stereocenters. The van der Waals surface area contributed by atoms with E-state index in [-0.39, 0.29) is 0 Å². The first-order chi connectivity index (χ1) is 9.00. The second-order valence-electron chi connectivity index (χ2n) is 3.45. The predicted octanol–water partition coefficient (Wildman–Crippen LogP) is 3.52. The minimum atomic E-state index is -4.56. The van der Waals surface area contributed by atoms with Gasteiger partial charge in [0.05, 0.1) is 17.2 Å². The summed E-state index contributed by atoms with van der Waals surface area (Å²) in [5, 5.41) is 9.03. The summed E-state index contributed by atoms with van der Waals surface area (Å²) in [7, 11) is 0. The molecule has 2 aromatic rings. The van der Waals surface area contributed by atoms with Crippen molar-refractivity contribution in [1.29, 1.82) is 5.26 Å². The summed E-state index contributed by atoms with van der Waals surface area (Å²) in [6.07, 6.45) is -1.55. The van der Waals surface area contributed by atoms with Crippen molar-refractivity contribution in [2.75, 3.05) is 0 Å². The van der Waals surface area contributed by atoms with Gasteiger partial charge in [0.15, 0.2) is 5.16 Å². The van der Waals surface area contributed by atoms with Gasteiger partial charge < -0.3 is 0 Å². The molecular formula is C12H6F3N3S. The van der Waals surface area contributed by atoms with Gasteiger partial charge in [-0.25, -0.2) is 9.97 Å². The van der Waals surface area contributed by atoms with Crippen LogP contribution in [0, 0.1) is 11.3 Å². The number of nitrogens with zero attached hydrogens (tertiary/aromatic N) is 3. The molecule has 2 rings (SSSR count). The van der Waals surface area contributed by atoms with Crippen molar-refractivity contribution in [2.45, 2.75) is 16.2 Å². The van der Waals surface area contributed by atoms with Gasteiger partial charge in [0.1, 0.15) is 0 Å². The van der Waals surface area contributed by atoms with Gasteiger partial charge in [-0.15, -0.1) is 0 Å². The average molecular weight is 281 g/mol. The van der Waals surface area contributed by atoms with Crippen LogP contribution in [-0.4, -0.2) is 9.97 Å². The first kappa shape index (κ1) is 13.4. The van der Waals surface area contributed by atoms with Gasteiger partial charge in [-0.05, 0) is 36.0 Å². The average Bonchev–Trinajstić information content (AvgIpc) is 2.39. The standard InChI is InChI=1S/C12H6F3N3S/c13-12(14,15)10-6-9(3-2-8(10)7-16)19-11-17-4-1-5-18-11/h1-6H. The zero-order valence-corrected chi connectivity index (χ0v) is 10.2. The molecule has 7 heteroatoms. The van der Waals surface area contributed by atoms with Crippen LogP contribution in [0.4, 0.5) is 13.2 Å². The van der Waals surface area contributed by atoms with E-state index in [0.717, 1.165) is 23.9 Å². The fourth-order valence-electron chi connectivity index (χ4n) is 1.36. The third kappa shape index (κ3) is 3.23. The molecule has 0 aliphatic carbocycles. The van der Waals surface area contributed by atoms with Crippen LogP contribution < -0.4 is 0 Å². The molecule has 0 bridgehead atoms. The minimum Gasteiger partial charge on any atom is -0.231 e. The van der Waals surface area contributed by atoms with Gasteiger partial charge in [-0.2, -0.15) is 18.4 Å². The molecule has 0 amide bonds. The normalized spacial score (nSPS) is 11.1. The maximum Gasteiger partial charge on any atom is 0.417 e. The monoisotopic (exact) mass is 281 g/mol. The Kier molecular flexibility index (Phi) is 3.71. The number of aromatic nitrogens is 2. The first-order valence-corrected chi connectivity index (χ1v) is 5.88. The maximum atomic E-state index is 12.8. The molecule has 0 spiro atoms. The minimum absolute atomic E-state index is 0.331. The highest BCUT2D eigenvalue weighted by atomic mass is 32.2. The van der Waals surface area contributed by atoms with Gasteiger partial charge in [-0.1, -0.05) is 0 Å². The molecule has 0 unspecified atom stereocenters. The number of rotatable bonds is 2. The lowest BCUT2D eigenvalue weighted by atomic mass is 10.1. The van der Waals surface area contributed by atoms with Crippen LogP contribution in [0.2, 0.25) is 0 Å². The first-order valence-electron chi connectivity index (χ1n) is 5.07. The Hall–Kier alpha value is -2.07. The van der Waals surface area contributed by atoms with Crippen LogP contribution in [-0.2, 0) is 6.18 Å². The number of hydrogen-bond acceptors (Lipinski definition) is 4. The van der Waals surface area contributed by atoms with E-state index in [9.17, 15) is 13.2 Å². The van der Waals surface area contributed by atoms with E-state index in [1.54, 1.807) is 6.07 Å². The van der Waals surface area contributed by atoms with Crippen LogP contribution in [0.3, 0.4) is 0 Å². The third-order valence-electron chi connectivity index (χ3n) is 2.17. The highest BCUT2D eigenvalue weighted by Crippen LogP contribution is 2.35. The molecule has 0 aliphatic rings. The van der Waals surface area contributed by atoms with Crippen LogP contribution in [0.15, 0.2) is 46.7 Å². The zero-order valence-electron chi connectivity index (χ0n) is 9.35. The topological polar surface area (TPSA) is 49.6 Å². The van der Waals surface area contributed by atoms with Gasteiger partial charge in [0.2, 0.25) is 0 Å². The Balaban J connectivity index is 2.37. The summed E-state index contributed by atoms with van der Waals surface area (Å²) in [5.74, 6) is 0. The van der Waals surface area contributed by atoms with Crippen molar-refractivity contribution in [1.82, 2.24) is 9.97 Å². The van der Waals surface area contributed by atoms with Crippen LogP contribution >= 0.6 is 11.8 Å².